The molecule has 2 aromatic rings. The van der Waals surface area contributed by atoms with Gasteiger partial charge in [0.2, 0.25) is 5.91 Å². The molecule has 6 heteroatoms. The molecule has 2 fully saturated rings. The third-order valence-corrected chi connectivity index (χ3v) is 6.15. The van der Waals surface area contributed by atoms with E-state index >= 15 is 0 Å². The van der Waals surface area contributed by atoms with Gasteiger partial charge in [0.1, 0.15) is 6.10 Å². The molecule has 0 spiro atoms. The normalized spacial score (nSPS) is 18.3. The molecule has 1 heterocycles. The summed E-state index contributed by atoms with van der Waals surface area (Å²) in [6.45, 7) is 5.85. The molecule has 1 aliphatic carbocycles. The summed E-state index contributed by atoms with van der Waals surface area (Å²) in [4.78, 5) is 24.2. The molecule has 164 valence electrons. The molecule has 1 saturated carbocycles. The zero-order valence-corrected chi connectivity index (χ0v) is 18.0. The largest absolute Gasteiger partial charge is 0.478 e. The second-order valence-corrected chi connectivity index (χ2v) is 8.91. The fraction of sp³-hybridized carbons (Fsp3) is 0.440. The van der Waals surface area contributed by atoms with Gasteiger partial charge in [0.15, 0.2) is 0 Å². The van der Waals surface area contributed by atoms with Crippen LogP contribution in [0.25, 0.3) is 0 Å². The van der Waals surface area contributed by atoms with Gasteiger partial charge in [-0.2, -0.15) is 0 Å². The number of carboxylic acid groups (broad SMARTS) is 1. The summed E-state index contributed by atoms with van der Waals surface area (Å²) >= 11 is 0. The Morgan fingerprint density at radius 1 is 1.16 bits per heavy atom. The molecule has 0 aromatic heterocycles. The minimum Gasteiger partial charge on any atom is -0.478 e. The average molecular weight is 424 g/mol. The van der Waals surface area contributed by atoms with E-state index in [4.69, 9.17) is 14.6 Å². The van der Waals surface area contributed by atoms with Crippen LogP contribution < -0.4 is 5.32 Å². The lowest BCUT2D eigenvalue weighted by atomic mass is 9.96. The average Bonchev–Trinajstić information content (AvgIpc) is 3.47. The van der Waals surface area contributed by atoms with Crippen LogP contribution in [0, 0.1) is 5.92 Å². The van der Waals surface area contributed by atoms with Gasteiger partial charge in [-0.3, -0.25) is 4.79 Å². The summed E-state index contributed by atoms with van der Waals surface area (Å²) in [5, 5.41) is 12.3. The second-order valence-electron chi connectivity index (χ2n) is 8.91. The molecule has 4 rings (SSSR count). The molecule has 6 nitrogen and oxygen atoms in total. The molecule has 0 bridgehead atoms. The van der Waals surface area contributed by atoms with Crippen molar-refractivity contribution in [3.63, 3.8) is 0 Å². The molecule has 1 atom stereocenters. The highest BCUT2D eigenvalue weighted by Gasteiger charge is 2.46. The number of carbonyl (C=O) groups excluding carboxylic acids is 1. The highest BCUT2D eigenvalue weighted by Crippen LogP contribution is 2.45. The number of nitrogens with one attached hydrogen (secondary N) is 1. The van der Waals surface area contributed by atoms with Crippen molar-refractivity contribution in [3.05, 3.63) is 70.8 Å². The van der Waals surface area contributed by atoms with E-state index in [1.807, 2.05) is 26.0 Å². The Morgan fingerprint density at radius 2 is 1.87 bits per heavy atom. The first-order chi connectivity index (χ1) is 14.9. The highest BCUT2D eigenvalue weighted by atomic mass is 16.5. The summed E-state index contributed by atoms with van der Waals surface area (Å²) in [6.07, 6.45) is 1.11. The van der Waals surface area contributed by atoms with Gasteiger partial charge in [0.05, 0.1) is 30.9 Å². The van der Waals surface area contributed by atoms with E-state index in [2.05, 4.69) is 17.4 Å². The highest BCUT2D eigenvalue weighted by molar-refractivity contribution is 5.87. The van der Waals surface area contributed by atoms with Gasteiger partial charge in [-0.25, -0.2) is 4.79 Å². The summed E-state index contributed by atoms with van der Waals surface area (Å²) in [5.41, 5.74) is 3.05. The Kier molecular flexibility index (Phi) is 6.12. The first-order valence-electron chi connectivity index (χ1n) is 10.8. The molecule has 1 saturated heterocycles. The number of hydrogen-bond acceptors (Lipinski definition) is 4. The number of benzene rings is 2. The summed E-state index contributed by atoms with van der Waals surface area (Å²) in [7, 11) is 0. The predicted molar refractivity (Wildman–Crippen MR) is 116 cm³/mol. The lowest BCUT2D eigenvalue weighted by Crippen LogP contribution is -2.44. The van der Waals surface area contributed by atoms with Gasteiger partial charge in [-0.1, -0.05) is 50.2 Å². The van der Waals surface area contributed by atoms with Crippen molar-refractivity contribution in [1.29, 1.82) is 0 Å². The van der Waals surface area contributed by atoms with Gasteiger partial charge < -0.3 is 19.9 Å². The first-order valence-corrected chi connectivity index (χ1v) is 10.8. The Labute approximate surface area is 182 Å². The monoisotopic (exact) mass is 423 g/mol. The van der Waals surface area contributed by atoms with Gasteiger partial charge in [-0.05, 0) is 47.6 Å². The van der Waals surface area contributed by atoms with Crippen molar-refractivity contribution in [1.82, 2.24) is 5.32 Å². The summed E-state index contributed by atoms with van der Waals surface area (Å²) in [6, 6.07) is 15.0. The topological polar surface area (TPSA) is 84.9 Å². The van der Waals surface area contributed by atoms with Crippen LogP contribution in [0.2, 0.25) is 0 Å². The van der Waals surface area contributed by atoms with E-state index in [0.29, 0.717) is 12.5 Å². The van der Waals surface area contributed by atoms with Crippen LogP contribution in [0.5, 0.6) is 0 Å². The van der Waals surface area contributed by atoms with Gasteiger partial charge >= 0.3 is 5.97 Å². The fourth-order valence-electron chi connectivity index (χ4n) is 3.97. The number of rotatable bonds is 9. The quantitative estimate of drug-likeness (QED) is 0.640. The summed E-state index contributed by atoms with van der Waals surface area (Å²) < 4.78 is 11.4. The van der Waals surface area contributed by atoms with Gasteiger partial charge in [0, 0.05) is 5.92 Å². The van der Waals surface area contributed by atoms with E-state index in [0.717, 1.165) is 37.2 Å². The van der Waals surface area contributed by atoms with Crippen molar-refractivity contribution >= 4 is 11.9 Å². The molecule has 1 aliphatic heterocycles. The number of aromatic carboxylic acids is 1. The van der Waals surface area contributed by atoms with E-state index < -0.39 is 17.6 Å². The Balaban J connectivity index is 1.40. The molecule has 1 amide bonds. The maximum Gasteiger partial charge on any atom is 0.335 e. The maximum absolute atomic E-state index is 13.1. The molecule has 31 heavy (non-hydrogen) atoms. The molecular formula is C25H29NO5. The Hall–Kier alpha value is -2.70. The van der Waals surface area contributed by atoms with E-state index in [9.17, 15) is 9.59 Å². The fourth-order valence-corrected chi connectivity index (χ4v) is 3.97. The smallest absolute Gasteiger partial charge is 0.335 e. The minimum absolute atomic E-state index is 0.0217. The van der Waals surface area contributed by atoms with Crippen LogP contribution >= 0.6 is 0 Å². The van der Waals surface area contributed by atoms with Gasteiger partial charge in [-0.15, -0.1) is 0 Å². The van der Waals surface area contributed by atoms with Crippen molar-refractivity contribution in [3.8, 4) is 0 Å². The third-order valence-electron chi connectivity index (χ3n) is 6.15. The van der Waals surface area contributed by atoms with E-state index in [1.165, 1.54) is 5.56 Å². The number of carboxylic acids is 1. The van der Waals surface area contributed by atoms with Crippen molar-refractivity contribution < 1.29 is 24.2 Å². The SMILES string of the molecule is CC(C)[C@@H](OCc1cccc(C2COC2)c1)C(=O)NC1(c2ccc(C(=O)O)cc2)CC1. The van der Waals surface area contributed by atoms with Crippen LogP contribution in [-0.4, -0.2) is 36.3 Å². The zero-order valence-electron chi connectivity index (χ0n) is 18.0. The first kappa shape index (κ1) is 21.5. The number of ether oxygens (including phenoxy) is 2. The Bertz CT molecular complexity index is 945. The van der Waals surface area contributed by atoms with Crippen LogP contribution in [0.1, 0.15) is 59.7 Å². The molecule has 0 radical (unpaired) electrons. The predicted octanol–water partition coefficient (Wildman–Crippen LogP) is 3.85. The van der Waals surface area contributed by atoms with Crippen LogP contribution in [0.3, 0.4) is 0 Å². The standard InChI is InChI=1S/C25H29NO5/c1-16(2)22(31-13-17-4-3-5-19(12-17)20-14-30-15-20)23(27)26-25(10-11-25)21-8-6-18(7-9-21)24(28)29/h3-9,12,16,20,22H,10-11,13-15H2,1-2H3,(H,26,27)(H,28,29)/t22-/m1/s1. The van der Waals surface area contributed by atoms with Crippen molar-refractivity contribution in [2.24, 2.45) is 5.92 Å². The lowest BCUT2D eigenvalue weighted by Gasteiger charge is -2.27. The molecule has 2 aromatic carbocycles. The lowest BCUT2D eigenvalue weighted by molar-refractivity contribution is -0.137. The zero-order chi connectivity index (χ0) is 22.0. The number of carbonyl (C=O) groups is 2. The minimum atomic E-state index is -0.956. The van der Waals surface area contributed by atoms with Crippen molar-refractivity contribution in [2.75, 3.05) is 13.2 Å². The van der Waals surface area contributed by atoms with Crippen LogP contribution in [-0.2, 0) is 26.4 Å². The third kappa shape index (κ3) is 4.81. The van der Waals surface area contributed by atoms with Crippen LogP contribution in [0.4, 0.5) is 0 Å². The van der Waals surface area contributed by atoms with Gasteiger partial charge in [0.25, 0.3) is 0 Å². The Morgan fingerprint density at radius 3 is 2.42 bits per heavy atom. The second kappa shape index (κ2) is 8.81. The molecule has 0 unspecified atom stereocenters. The van der Waals surface area contributed by atoms with E-state index in [1.54, 1.807) is 24.3 Å². The van der Waals surface area contributed by atoms with Crippen LogP contribution in [0.15, 0.2) is 48.5 Å². The number of amides is 1. The van der Waals surface area contributed by atoms with Crippen molar-refractivity contribution in [2.45, 2.75) is 50.9 Å². The van der Waals surface area contributed by atoms with E-state index in [-0.39, 0.29) is 17.4 Å². The molecule has 2 aliphatic rings. The summed E-state index contributed by atoms with van der Waals surface area (Å²) in [5.74, 6) is -0.610. The maximum atomic E-state index is 13.1. The number of hydrogen-bond donors (Lipinski definition) is 2. The molecule has 2 N–H and O–H groups in total. The molecular weight excluding hydrogens is 394 g/mol.